The van der Waals surface area contributed by atoms with Crippen LogP contribution in [-0.4, -0.2) is 30.8 Å². The highest BCUT2D eigenvalue weighted by molar-refractivity contribution is 5.83. The summed E-state index contributed by atoms with van der Waals surface area (Å²) in [6, 6.07) is 8.39. The summed E-state index contributed by atoms with van der Waals surface area (Å²) in [6.45, 7) is 2.33. The number of benzene rings is 1. The smallest absolute Gasteiger partial charge is 0.0638 e. The Morgan fingerprint density at radius 1 is 1.35 bits per heavy atom. The second kappa shape index (κ2) is 4.49. The summed E-state index contributed by atoms with van der Waals surface area (Å²) in [5.41, 5.74) is 8.61. The number of hydrogen-bond donors (Lipinski definition) is 3. The Morgan fingerprint density at radius 3 is 3.06 bits per heavy atom. The molecule has 3 rings (SSSR count). The van der Waals surface area contributed by atoms with Gasteiger partial charge >= 0.3 is 0 Å². The molecule has 0 radical (unpaired) electrons. The van der Waals surface area contributed by atoms with Gasteiger partial charge < -0.3 is 20.8 Å². The van der Waals surface area contributed by atoms with E-state index in [0.29, 0.717) is 6.61 Å². The number of morpholine rings is 1. The van der Waals surface area contributed by atoms with Gasteiger partial charge in [-0.2, -0.15) is 0 Å². The van der Waals surface area contributed by atoms with Crippen LogP contribution in [0.4, 0.5) is 0 Å². The molecule has 4 nitrogen and oxygen atoms in total. The highest BCUT2D eigenvalue weighted by Crippen LogP contribution is 2.25. The van der Waals surface area contributed by atoms with Crippen LogP contribution in [-0.2, 0) is 4.74 Å². The fourth-order valence-electron chi connectivity index (χ4n) is 2.40. The number of nitrogens with one attached hydrogen (secondary N) is 2. The van der Waals surface area contributed by atoms with E-state index < -0.39 is 0 Å². The number of H-pyrrole nitrogens is 1. The van der Waals surface area contributed by atoms with Crippen molar-refractivity contribution in [1.82, 2.24) is 10.3 Å². The second-order valence-corrected chi connectivity index (χ2v) is 4.45. The lowest BCUT2D eigenvalue weighted by molar-refractivity contribution is 0.0686. The molecule has 0 aliphatic carbocycles. The molecule has 2 atom stereocenters. The monoisotopic (exact) mass is 231 g/mol. The summed E-state index contributed by atoms with van der Waals surface area (Å²) in [5, 5.41) is 4.61. The number of hydrogen-bond acceptors (Lipinski definition) is 3. The molecule has 1 aliphatic rings. The lowest BCUT2D eigenvalue weighted by Crippen LogP contribution is -2.47. The number of nitrogens with two attached hydrogens (primary N) is 1. The van der Waals surface area contributed by atoms with E-state index in [2.05, 4.69) is 22.4 Å². The molecule has 0 bridgehead atoms. The van der Waals surface area contributed by atoms with Crippen LogP contribution in [0.5, 0.6) is 0 Å². The maximum absolute atomic E-state index is 6.32. The van der Waals surface area contributed by atoms with Crippen molar-refractivity contribution in [2.75, 3.05) is 19.8 Å². The Hall–Kier alpha value is -1.36. The van der Waals surface area contributed by atoms with E-state index in [1.54, 1.807) is 0 Å². The first-order chi connectivity index (χ1) is 8.36. The normalized spacial score (nSPS) is 22.8. The first-order valence-electron chi connectivity index (χ1n) is 5.99. The van der Waals surface area contributed by atoms with Gasteiger partial charge in [0, 0.05) is 35.7 Å². The van der Waals surface area contributed by atoms with Gasteiger partial charge in [0.05, 0.1) is 13.2 Å². The number of rotatable bonds is 2. The molecule has 0 spiro atoms. The maximum atomic E-state index is 6.32. The molecule has 1 aromatic carbocycles. The molecule has 1 fully saturated rings. The Morgan fingerprint density at radius 2 is 2.24 bits per heavy atom. The predicted molar refractivity (Wildman–Crippen MR) is 67.8 cm³/mol. The Kier molecular flexibility index (Phi) is 2.84. The van der Waals surface area contributed by atoms with Gasteiger partial charge in [0.25, 0.3) is 0 Å². The summed E-state index contributed by atoms with van der Waals surface area (Å²) in [7, 11) is 0. The van der Waals surface area contributed by atoms with Gasteiger partial charge in [0.1, 0.15) is 0 Å². The van der Waals surface area contributed by atoms with Crippen LogP contribution in [0.3, 0.4) is 0 Å². The van der Waals surface area contributed by atoms with E-state index >= 15 is 0 Å². The van der Waals surface area contributed by atoms with Gasteiger partial charge in [-0.3, -0.25) is 0 Å². The summed E-state index contributed by atoms with van der Waals surface area (Å²) < 4.78 is 5.46. The largest absolute Gasteiger partial charge is 0.378 e. The first kappa shape index (κ1) is 10.8. The maximum Gasteiger partial charge on any atom is 0.0638 e. The molecule has 1 aromatic heterocycles. The van der Waals surface area contributed by atoms with Crippen LogP contribution < -0.4 is 11.1 Å². The third kappa shape index (κ3) is 1.95. The molecule has 90 valence electrons. The topological polar surface area (TPSA) is 63.1 Å². The van der Waals surface area contributed by atoms with Crippen LogP contribution >= 0.6 is 0 Å². The molecule has 1 saturated heterocycles. The van der Waals surface area contributed by atoms with E-state index in [1.807, 2.05) is 18.3 Å². The third-order valence-electron chi connectivity index (χ3n) is 3.36. The molecule has 2 aromatic rings. The van der Waals surface area contributed by atoms with E-state index in [-0.39, 0.29) is 12.1 Å². The zero-order valence-electron chi connectivity index (χ0n) is 9.65. The molecule has 2 heterocycles. The first-order valence-corrected chi connectivity index (χ1v) is 5.99. The minimum atomic E-state index is -0.0357. The molecule has 4 heteroatoms. The lowest BCUT2D eigenvalue weighted by atomic mass is 9.99. The molecular weight excluding hydrogens is 214 g/mol. The number of aromatic nitrogens is 1. The van der Waals surface area contributed by atoms with Gasteiger partial charge in [-0.15, -0.1) is 0 Å². The van der Waals surface area contributed by atoms with E-state index in [4.69, 9.17) is 10.5 Å². The molecular formula is C13H17N3O. The highest BCUT2D eigenvalue weighted by Gasteiger charge is 2.23. The summed E-state index contributed by atoms with van der Waals surface area (Å²) in [4.78, 5) is 3.26. The van der Waals surface area contributed by atoms with Crippen molar-refractivity contribution in [3.05, 3.63) is 36.0 Å². The zero-order chi connectivity index (χ0) is 11.7. The van der Waals surface area contributed by atoms with Gasteiger partial charge in [-0.05, 0) is 11.6 Å². The van der Waals surface area contributed by atoms with Crippen molar-refractivity contribution in [1.29, 1.82) is 0 Å². The average Bonchev–Trinajstić information content (AvgIpc) is 2.83. The van der Waals surface area contributed by atoms with Crippen molar-refractivity contribution in [2.45, 2.75) is 12.1 Å². The van der Waals surface area contributed by atoms with Gasteiger partial charge in [0.15, 0.2) is 0 Å². The Bertz CT molecular complexity index is 502. The van der Waals surface area contributed by atoms with Gasteiger partial charge in [-0.1, -0.05) is 18.2 Å². The van der Waals surface area contributed by atoms with Crippen LogP contribution in [0.25, 0.3) is 10.9 Å². The number of para-hydroxylation sites is 1. The molecule has 0 amide bonds. The summed E-state index contributed by atoms with van der Waals surface area (Å²) in [6.07, 6.45) is 2.01. The van der Waals surface area contributed by atoms with Crippen LogP contribution in [0.15, 0.2) is 30.5 Å². The number of fused-ring (bicyclic) bond motifs is 1. The summed E-state index contributed by atoms with van der Waals surface area (Å²) in [5.74, 6) is 0. The van der Waals surface area contributed by atoms with E-state index in [9.17, 15) is 0 Å². The minimum Gasteiger partial charge on any atom is -0.378 e. The van der Waals surface area contributed by atoms with E-state index in [1.165, 1.54) is 5.39 Å². The fourth-order valence-corrected chi connectivity index (χ4v) is 2.40. The minimum absolute atomic E-state index is 0.0357. The molecule has 4 N–H and O–H groups in total. The Labute approximate surface area is 100 Å². The SMILES string of the molecule is NC(c1c[nH]c2ccccc12)C1COCCN1. The van der Waals surface area contributed by atoms with Crippen molar-refractivity contribution in [3.8, 4) is 0 Å². The quantitative estimate of drug-likeness (QED) is 0.726. The molecule has 2 unspecified atom stereocenters. The lowest BCUT2D eigenvalue weighted by Gasteiger charge is -2.28. The van der Waals surface area contributed by atoms with Crippen LogP contribution in [0.1, 0.15) is 11.6 Å². The Balaban J connectivity index is 1.92. The average molecular weight is 231 g/mol. The van der Waals surface area contributed by atoms with Crippen molar-refractivity contribution in [2.24, 2.45) is 5.73 Å². The third-order valence-corrected chi connectivity index (χ3v) is 3.36. The van der Waals surface area contributed by atoms with Gasteiger partial charge in [-0.25, -0.2) is 0 Å². The molecule has 1 aliphatic heterocycles. The number of aromatic amines is 1. The number of ether oxygens (including phenoxy) is 1. The van der Waals surface area contributed by atoms with Crippen molar-refractivity contribution >= 4 is 10.9 Å². The molecule has 0 saturated carbocycles. The standard InChI is InChI=1S/C13H17N3O/c14-13(12-8-17-6-5-15-12)10-7-16-11-4-2-1-3-9(10)11/h1-4,7,12-13,15-16H,5-6,8,14H2. The van der Waals surface area contributed by atoms with Crippen LogP contribution in [0.2, 0.25) is 0 Å². The van der Waals surface area contributed by atoms with Crippen molar-refractivity contribution < 1.29 is 4.74 Å². The van der Waals surface area contributed by atoms with Crippen molar-refractivity contribution in [3.63, 3.8) is 0 Å². The molecule has 17 heavy (non-hydrogen) atoms. The van der Waals surface area contributed by atoms with E-state index in [0.717, 1.165) is 24.2 Å². The predicted octanol–water partition coefficient (Wildman–Crippen LogP) is 1.16. The fraction of sp³-hybridized carbons (Fsp3) is 0.385. The van der Waals surface area contributed by atoms with Crippen LogP contribution in [0, 0.1) is 0 Å². The summed E-state index contributed by atoms with van der Waals surface area (Å²) >= 11 is 0. The van der Waals surface area contributed by atoms with Gasteiger partial charge in [0.2, 0.25) is 0 Å². The highest BCUT2D eigenvalue weighted by atomic mass is 16.5. The second-order valence-electron chi connectivity index (χ2n) is 4.45. The zero-order valence-corrected chi connectivity index (χ0v) is 9.65.